The average Bonchev–Trinajstić information content (AvgIpc) is 2.79. The third kappa shape index (κ3) is 5.76. The summed E-state index contributed by atoms with van der Waals surface area (Å²) in [6.07, 6.45) is 3.48. The number of rotatable bonds is 6. The molecule has 1 heterocycles. The smallest absolute Gasteiger partial charge is 0.224 e. The number of amides is 1. The number of nitrogens with one attached hydrogen (secondary N) is 1. The van der Waals surface area contributed by atoms with Crippen LogP contribution >= 0.6 is 23.1 Å². The Morgan fingerprint density at radius 1 is 1.36 bits per heavy atom. The lowest BCUT2D eigenvalue weighted by Gasteiger charge is -2.23. The minimum atomic E-state index is 0. The quantitative estimate of drug-likeness (QED) is 0.601. The topological polar surface area (TPSA) is 42.0 Å². The molecule has 0 aliphatic rings. The number of benzene rings is 1. The Kier molecular flexibility index (Phi) is 7.12. The van der Waals surface area contributed by atoms with Crippen molar-refractivity contribution in [3.05, 3.63) is 18.2 Å². The Morgan fingerprint density at radius 2 is 2.09 bits per heavy atom. The van der Waals surface area contributed by atoms with Crippen molar-refractivity contribution in [3.8, 4) is 0 Å². The Balaban J connectivity index is 0.00000242. The van der Waals surface area contributed by atoms with Gasteiger partial charge in [0.15, 0.2) is 4.34 Å². The van der Waals surface area contributed by atoms with Crippen LogP contribution in [0, 0.1) is 0 Å². The van der Waals surface area contributed by atoms with E-state index < -0.39 is 0 Å². The number of anilines is 1. The van der Waals surface area contributed by atoms with Gasteiger partial charge in [-0.25, -0.2) is 4.98 Å². The summed E-state index contributed by atoms with van der Waals surface area (Å²) < 4.78 is 3.05. The highest BCUT2D eigenvalue weighted by Gasteiger charge is 2.10. The van der Waals surface area contributed by atoms with E-state index in [1.807, 2.05) is 24.5 Å². The number of fused-ring (bicyclic) bond motifs is 1. The monoisotopic (exact) mass is 359 g/mol. The molecule has 22 heavy (non-hydrogen) atoms. The second-order valence-corrected chi connectivity index (χ2v) is 8.12. The lowest BCUT2D eigenvalue weighted by molar-refractivity contribution is -0.870. The largest absolute Gasteiger partial charge is 1.00 e. The van der Waals surface area contributed by atoms with Gasteiger partial charge >= 0.3 is 0 Å². The van der Waals surface area contributed by atoms with E-state index in [9.17, 15) is 4.79 Å². The van der Waals surface area contributed by atoms with Crippen molar-refractivity contribution in [2.75, 3.05) is 39.3 Å². The molecule has 0 spiro atoms. The van der Waals surface area contributed by atoms with Gasteiger partial charge in [0.1, 0.15) is 0 Å². The highest BCUT2D eigenvalue weighted by molar-refractivity contribution is 8.00. The molecule has 0 atom stereocenters. The van der Waals surface area contributed by atoms with E-state index in [1.165, 1.54) is 0 Å². The Labute approximate surface area is 146 Å². The van der Waals surface area contributed by atoms with Crippen LogP contribution in [0.25, 0.3) is 10.2 Å². The van der Waals surface area contributed by atoms with Gasteiger partial charge in [-0.1, -0.05) is 11.8 Å². The molecule has 1 N–H and O–H groups in total. The van der Waals surface area contributed by atoms with E-state index >= 15 is 0 Å². The fraction of sp³-hybridized carbons (Fsp3) is 0.467. The van der Waals surface area contributed by atoms with Crippen LogP contribution in [0.3, 0.4) is 0 Å². The van der Waals surface area contributed by atoms with Crippen molar-refractivity contribution in [2.45, 2.75) is 17.2 Å². The van der Waals surface area contributed by atoms with Gasteiger partial charge in [-0.15, -0.1) is 11.3 Å². The van der Waals surface area contributed by atoms with Gasteiger partial charge in [0.25, 0.3) is 0 Å². The summed E-state index contributed by atoms with van der Waals surface area (Å²) >= 11 is 3.30. The van der Waals surface area contributed by atoms with Crippen LogP contribution in [0.2, 0.25) is 0 Å². The maximum atomic E-state index is 12.0. The van der Waals surface area contributed by atoms with Gasteiger partial charge < -0.3 is 22.2 Å². The predicted molar refractivity (Wildman–Crippen MR) is 92.2 cm³/mol. The summed E-state index contributed by atoms with van der Waals surface area (Å²) in [6, 6.07) is 5.89. The first-order chi connectivity index (χ1) is 9.87. The number of aromatic nitrogens is 1. The maximum Gasteiger partial charge on any atom is 0.224 e. The second-order valence-electron chi connectivity index (χ2n) is 6.03. The molecule has 1 amide bonds. The Morgan fingerprint density at radius 3 is 2.73 bits per heavy atom. The van der Waals surface area contributed by atoms with Gasteiger partial charge in [-0.2, -0.15) is 0 Å². The standard InChI is InChI=1S/C15H21N3OS2.ClH/c1-18(2,3)9-5-6-14(19)16-11-7-8-12-13(10-11)21-15(17-12)20-4;/h7-8,10H,5-6,9H2,1-4H3;1H. The predicted octanol–water partition coefficient (Wildman–Crippen LogP) is 0.447. The third-order valence-electron chi connectivity index (χ3n) is 3.06. The van der Waals surface area contributed by atoms with E-state index in [-0.39, 0.29) is 18.3 Å². The number of carbonyl (C=O) groups is 1. The molecule has 122 valence electrons. The van der Waals surface area contributed by atoms with Gasteiger partial charge in [-0.3, -0.25) is 4.79 Å². The summed E-state index contributed by atoms with van der Waals surface area (Å²) in [6.45, 7) is 0.998. The molecule has 4 nitrogen and oxygen atoms in total. The number of hydrogen-bond acceptors (Lipinski definition) is 4. The molecule has 0 saturated carbocycles. The number of thiazole rings is 1. The second kappa shape index (κ2) is 8.15. The molecule has 0 radical (unpaired) electrons. The summed E-state index contributed by atoms with van der Waals surface area (Å²) in [4.78, 5) is 16.5. The molecule has 0 unspecified atom stereocenters. The zero-order valence-corrected chi connectivity index (χ0v) is 15.7. The van der Waals surface area contributed by atoms with Gasteiger partial charge in [-0.05, 0) is 24.5 Å². The molecule has 2 aromatic rings. The zero-order chi connectivity index (χ0) is 15.5. The highest BCUT2D eigenvalue weighted by Crippen LogP contribution is 2.29. The minimum absolute atomic E-state index is 0. The van der Waals surface area contributed by atoms with Crippen LogP contribution in [0.1, 0.15) is 12.8 Å². The Hall–Kier alpha value is -0.820. The lowest BCUT2D eigenvalue weighted by Crippen LogP contribution is -3.00. The molecule has 0 bridgehead atoms. The average molecular weight is 360 g/mol. The molecular formula is C15H22ClN3OS2. The van der Waals surface area contributed by atoms with Crippen molar-refractivity contribution >= 4 is 44.9 Å². The van der Waals surface area contributed by atoms with Crippen LogP contribution in [0.5, 0.6) is 0 Å². The Bertz CT molecular complexity index is 637. The lowest BCUT2D eigenvalue weighted by atomic mass is 10.2. The number of carbonyl (C=O) groups excluding carboxylic acids is 1. The first kappa shape index (κ1) is 19.2. The van der Waals surface area contributed by atoms with Crippen LogP contribution in [0.15, 0.2) is 22.5 Å². The van der Waals surface area contributed by atoms with E-state index in [2.05, 4.69) is 31.4 Å². The molecule has 7 heteroatoms. The van der Waals surface area contributed by atoms with Gasteiger partial charge in [0.2, 0.25) is 5.91 Å². The number of nitrogens with zero attached hydrogens (tertiary/aromatic N) is 2. The SMILES string of the molecule is CSc1nc2ccc(NC(=O)CCC[N+](C)(C)C)cc2s1.[Cl-]. The number of hydrogen-bond donors (Lipinski definition) is 1. The molecule has 0 aliphatic carbocycles. The number of halogens is 1. The van der Waals surface area contributed by atoms with Crippen LogP contribution in [0.4, 0.5) is 5.69 Å². The molecule has 0 aliphatic heterocycles. The van der Waals surface area contributed by atoms with Crippen molar-refractivity contribution in [2.24, 2.45) is 0 Å². The van der Waals surface area contributed by atoms with Gasteiger partial charge in [0, 0.05) is 18.5 Å². The van der Waals surface area contributed by atoms with E-state index in [0.29, 0.717) is 6.42 Å². The van der Waals surface area contributed by atoms with Crippen molar-refractivity contribution in [1.29, 1.82) is 0 Å². The minimum Gasteiger partial charge on any atom is -1.00 e. The first-order valence-corrected chi connectivity index (χ1v) is 8.96. The molecule has 2 rings (SSSR count). The van der Waals surface area contributed by atoms with Gasteiger partial charge in [0.05, 0.1) is 37.9 Å². The summed E-state index contributed by atoms with van der Waals surface area (Å²) in [5.41, 5.74) is 1.85. The van der Waals surface area contributed by atoms with E-state index in [0.717, 1.165) is 37.7 Å². The van der Waals surface area contributed by atoms with Crippen molar-refractivity contribution in [1.82, 2.24) is 4.98 Å². The highest BCUT2D eigenvalue weighted by atomic mass is 35.5. The molecule has 0 saturated heterocycles. The third-order valence-corrected chi connectivity index (χ3v) is 5.06. The number of thioether (sulfide) groups is 1. The fourth-order valence-corrected chi connectivity index (χ4v) is 3.53. The van der Waals surface area contributed by atoms with Crippen molar-refractivity contribution in [3.63, 3.8) is 0 Å². The van der Waals surface area contributed by atoms with E-state index in [4.69, 9.17) is 0 Å². The fourth-order valence-electron chi connectivity index (χ4n) is 2.01. The van der Waals surface area contributed by atoms with Crippen molar-refractivity contribution < 1.29 is 21.7 Å². The molecule has 1 aromatic carbocycles. The normalized spacial score (nSPS) is 11.3. The first-order valence-electron chi connectivity index (χ1n) is 6.92. The molecule has 0 fully saturated rings. The molecule has 1 aromatic heterocycles. The van der Waals surface area contributed by atoms with E-state index in [1.54, 1.807) is 23.1 Å². The van der Waals surface area contributed by atoms with Crippen LogP contribution in [-0.4, -0.2) is 49.3 Å². The maximum absolute atomic E-state index is 12.0. The zero-order valence-electron chi connectivity index (χ0n) is 13.4. The summed E-state index contributed by atoms with van der Waals surface area (Å²) in [5, 5.41) is 2.97. The molecular weight excluding hydrogens is 338 g/mol. The van der Waals surface area contributed by atoms with Crippen LogP contribution < -0.4 is 17.7 Å². The van der Waals surface area contributed by atoms with Crippen LogP contribution in [-0.2, 0) is 4.79 Å². The summed E-state index contributed by atoms with van der Waals surface area (Å²) in [5.74, 6) is 0.0809. The number of quaternary nitrogens is 1. The summed E-state index contributed by atoms with van der Waals surface area (Å²) in [7, 11) is 6.41.